The number of piperidine rings is 1. The normalized spacial score (nSPS) is 23.6. The molecule has 20 heavy (non-hydrogen) atoms. The van der Waals surface area contributed by atoms with Crippen LogP contribution in [-0.2, 0) is 4.79 Å². The van der Waals surface area contributed by atoms with Crippen LogP contribution in [0.15, 0.2) is 18.2 Å². The summed E-state index contributed by atoms with van der Waals surface area (Å²) in [5.74, 6) is 0.599. The zero-order chi connectivity index (χ0) is 14.7. The molecule has 1 saturated heterocycles. The van der Waals surface area contributed by atoms with Crippen LogP contribution in [-0.4, -0.2) is 36.5 Å². The molecule has 1 amide bonds. The maximum atomic E-state index is 12.1. The summed E-state index contributed by atoms with van der Waals surface area (Å²) in [6.07, 6.45) is 1.05. The van der Waals surface area contributed by atoms with Gasteiger partial charge in [0.1, 0.15) is 0 Å². The molecule has 1 aromatic carbocycles. The van der Waals surface area contributed by atoms with Crippen molar-refractivity contribution in [3.63, 3.8) is 0 Å². The molecule has 1 aliphatic heterocycles. The highest BCUT2D eigenvalue weighted by molar-refractivity contribution is 14.1. The van der Waals surface area contributed by atoms with Gasteiger partial charge in [0.2, 0.25) is 5.91 Å². The molecule has 2 unspecified atom stereocenters. The Morgan fingerprint density at radius 3 is 2.90 bits per heavy atom. The van der Waals surface area contributed by atoms with E-state index in [2.05, 4.69) is 45.8 Å². The van der Waals surface area contributed by atoms with E-state index in [-0.39, 0.29) is 11.9 Å². The second kappa shape index (κ2) is 6.87. The van der Waals surface area contributed by atoms with Crippen LogP contribution < -0.4 is 11.1 Å². The van der Waals surface area contributed by atoms with Gasteiger partial charge in [0.25, 0.3) is 0 Å². The monoisotopic (exact) mass is 387 g/mol. The SMILES string of the molecule is Cc1cc(I)ccc1NC(=O)CN1CC(C)CC(N)C1. The number of anilines is 1. The van der Waals surface area contributed by atoms with E-state index in [0.717, 1.165) is 30.8 Å². The molecule has 0 saturated carbocycles. The molecule has 0 radical (unpaired) electrons. The lowest BCUT2D eigenvalue weighted by atomic mass is 9.97. The summed E-state index contributed by atoms with van der Waals surface area (Å²) < 4.78 is 1.17. The van der Waals surface area contributed by atoms with Crippen molar-refractivity contribution in [3.8, 4) is 0 Å². The third-order valence-corrected chi connectivity index (χ3v) is 4.27. The smallest absolute Gasteiger partial charge is 0.238 e. The first-order chi connectivity index (χ1) is 9.44. The molecule has 1 aromatic rings. The van der Waals surface area contributed by atoms with Gasteiger partial charge in [0.15, 0.2) is 0 Å². The summed E-state index contributed by atoms with van der Waals surface area (Å²) in [6, 6.07) is 6.21. The number of rotatable bonds is 3. The van der Waals surface area contributed by atoms with E-state index in [4.69, 9.17) is 5.73 Å². The lowest BCUT2D eigenvalue weighted by molar-refractivity contribution is -0.117. The van der Waals surface area contributed by atoms with E-state index in [0.29, 0.717) is 12.5 Å². The summed E-state index contributed by atoms with van der Waals surface area (Å²) in [5, 5.41) is 2.99. The van der Waals surface area contributed by atoms with E-state index in [9.17, 15) is 4.79 Å². The lowest BCUT2D eigenvalue weighted by Gasteiger charge is -2.34. The molecule has 1 heterocycles. The lowest BCUT2D eigenvalue weighted by Crippen LogP contribution is -2.48. The van der Waals surface area contributed by atoms with Gasteiger partial charge in [0.05, 0.1) is 6.54 Å². The van der Waals surface area contributed by atoms with Crippen molar-refractivity contribution in [2.75, 3.05) is 25.0 Å². The molecule has 0 aromatic heterocycles. The molecular weight excluding hydrogens is 365 g/mol. The molecule has 3 N–H and O–H groups in total. The summed E-state index contributed by atoms with van der Waals surface area (Å²) in [5.41, 5.74) is 8.00. The van der Waals surface area contributed by atoms with E-state index >= 15 is 0 Å². The standard InChI is InChI=1S/C15H22IN3O/c1-10-5-13(17)8-19(7-10)9-15(20)18-14-4-3-12(16)6-11(14)2/h3-4,6,10,13H,5,7-9,17H2,1-2H3,(H,18,20). The number of amides is 1. The summed E-state index contributed by atoms with van der Waals surface area (Å²) in [6.45, 7) is 6.38. The van der Waals surface area contributed by atoms with Gasteiger partial charge in [-0.25, -0.2) is 0 Å². The van der Waals surface area contributed by atoms with Crippen LogP contribution >= 0.6 is 22.6 Å². The molecule has 0 aliphatic carbocycles. The fourth-order valence-corrected chi connectivity index (χ4v) is 3.45. The minimum Gasteiger partial charge on any atom is -0.327 e. The van der Waals surface area contributed by atoms with Crippen molar-refractivity contribution in [3.05, 3.63) is 27.3 Å². The van der Waals surface area contributed by atoms with Crippen LogP contribution in [0.2, 0.25) is 0 Å². The van der Waals surface area contributed by atoms with Crippen molar-refractivity contribution in [1.29, 1.82) is 0 Å². The molecule has 110 valence electrons. The fourth-order valence-electron chi connectivity index (χ4n) is 2.80. The Morgan fingerprint density at radius 2 is 2.25 bits per heavy atom. The average molecular weight is 387 g/mol. The van der Waals surface area contributed by atoms with Crippen LogP contribution in [0.4, 0.5) is 5.69 Å². The predicted octanol–water partition coefficient (Wildman–Crippen LogP) is 2.21. The molecule has 2 rings (SSSR count). The summed E-state index contributed by atoms with van der Waals surface area (Å²) in [4.78, 5) is 14.3. The average Bonchev–Trinajstić information content (AvgIpc) is 2.31. The molecule has 0 bridgehead atoms. The number of carbonyl (C=O) groups excluding carboxylic acids is 1. The topological polar surface area (TPSA) is 58.4 Å². The Hall–Kier alpha value is -0.660. The second-order valence-electron chi connectivity index (χ2n) is 5.80. The number of nitrogens with zero attached hydrogens (tertiary/aromatic N) is 1. The second-order valence-corrected chi connectivity index (χ2v) is 7.05. The van der Waals surface area contributed by atoms with Gasteiger partial charge in [-0.3, -0.25) is 9.69 Å². The maximum Gasteiger partial charge on any atom is 0.238 e. The highest BCUT2D eigenvalue weighted by Crippen LogP contribution is 2.18. The van der Waals surface area contributed by atoms with Gasteiger partial charge < -0.3 is 11.1 Å². The number of halogens is 1. The van der Waals surface area contributed by atoms with E-state index in [1.54, 1.807) is 0 Å². The fraction of sp³-hybridized carbons (Fsp3) is 0.533. The Balaban J connectivity index is 1.92. The number of aryl methyl sites for hydroxylation is 1. The Kier molecular flexibility index (Phi) is 5.40. The number of nitrogens with two attached hydrogens (primary N) is 1. The van der Waals surface area contributed by atoms with Gasteiger partial charge in [0, 0.05) is 28.4 Å². The van der Waals surface area contributed by atoms with Crippen molar-refractivity contribution < 1.29 is 4.79 Å². The van der Waals surface area contributed by atoms with Crippen LogP contribution in [0.1, 0.15) is 18.9 Å². The highest BCUT2D eigenvalue weighted by Gasteiger charge is 2.23. The maximum absolute atomic E-state index is 12.1. The summed E-state index contributed by atoms with van der Waals surface area (Å²) in [7, 11) is 0. The van der Waals surface area contributed by atoms with Crippen molar-refractivity contribution in [1.82, 2.24) is 4.90 Å². The number of carbonyl (C=O) groups is 1. The van der Waals surface area contributed by atoms with Gasteiger partial charge in [-0.2, -0.15) is 0 Å². The molecule has 2 atom stereocenters. The van der Waals surface area contributed by atoms with Crippen LogP contribution in [0, 0.1) is 16.4 Å². The third kappa shape index (κ3) is 4.43. The van der Waals surface area contributed by atoms with Crippen LogP contribution in [0.5, 0.6) is 0 Å². The highest BCUT2D eigenvalue weighted by atomic mass is 127. The molecule has 1 fully saturated rings. The van der Waals surface area contributed by atoms with Gasteiger partial charge in [-0.15, -0.1) is 0 Å². The number of benzene rings is 1. The van der Waals surface area contributed by atoms with Crippen molar-refractivity contribution in [2.45, 2.75) is 26.3 Å². The van der Waals surface area contributed by atoms with Crippen LogP contribution in [0.25, 0.3) is 0 Å². The zero-order valence-electron chi connectivity index (χ0n) is 12.0. The van der Waals surface area contributed by atoms with E-state index in [1.165, 1.54) is 3.57 Å². The largest absolute Gasteiger partial charge is 0.327 e. The Morgan fingerprint density at radius 1 is 1.50 bits per heavy atom. The Labute approximate surface area is 134 Å². The zero-order valence-corrected chi connectivity index (χ0v) is 14.2. The van der Waals surface area contributed by atoms with Gasteiger partial charge in [-0.1, -0.05) is 6.92 Å². The number of nitrogens with one attached hydrogen (secondary N) is 1. The number of hydrogen-bond acceptors (Lipinski definition) is 3. The van der Waals surface area contributed by atoms with Crippen molar-refractivity contribution >= 4 is 34.2 Å². The molecular formula is C15H22IN3O. The van der Waals surface area contributed by atoms with Gasteiger partial charge >= 0.3 is 0 Å². The van der Waals surface area contributed by atoms with Crippen LogP contribution in [0.3, 0.4) is 0 Å². The molecule has 0 spiro atoms. The van der Waals surface area contributed by atoms with Gasteiger partial charge in [-0.05, 0) is 65.6 Å². The minimum atomic E-state index is 0.0376. The molecule has 4 nitrogen and oxygen atoms in total. The van der Waals surface area contributed by atoms with Crippen molar-refractivity contribution in [2.24, 2.45) is 11.7 Å². The first kappa shape index (κ1) is 15.7. The number of likely N-dealkylation sites (tertiary alicyclic amines) is 1. The quantitative estimate of drug-likeness (QED) is 0.782. The van der Waals surface area contributed by atoms with E-state index < -0.39 is 0 Å². The number of hydrogen-bond donors (Lipinski definition) is 2. The van der Waals surface area contributed by atoms with E-state index in [1.807, 2.05) is 19.1 Å². The summed E-state index contributed by atoms with van der Waals surface area (Å²) >= 11 is 2.27. The predicted molar refractivity (Wildman–Crippen MR) is 90.7 cm³/mol. The Bertz CT molecular complexity index is 482. The minimum absolute atomic E-state index is 0.0376. The first-order valence-corrected chi connectivity index (χ1v) is 8.06. The molecule has 5 heteroatoms. The molecule has 1 aliphatic rings. The first-order valence-electron chi connectivity index (χ1n) is 6.98. The third-order valence-electron chi connectivity index (χ3n) is 3.60.